The van der Waals surface area contributed by atoms with Gasteiger partial charge in [-0.15, -0.1) is 0 Å². The number of hydrogen-bond donors (Lipinski definition) is 2. The topological polar surface area (TPSA) is 59.6 Å². The van der Waals surface area contributed by atoms with E-state index in [0.717, 1.165) is 31.7 Å². The molecule has 0 saturated carbocycles. The summed E-state index contributed by atoms with van der Waals surface area (Å²) < 4.78 is 11.2. The fourth-order valence-electron chi connectivity index (χ4n) is 2.41. The molecule has 1 atom stereocenters. The highest BCUT2D eigenvalue weighted by Crippen LogP contribution is 2.24. The molecule has 1 saturated heterocycles. The SMILES string of the molecule is CC(C)Oc1ccccc1NC(=O)CCNCC1CCCO1. The molecule has 122 valence electrons. The van der Waals surface area contributed by atoms with Crippen molar-refractivity contribution in [2.45, 2.75) is 45.3 Å². The van der Waals surface area contributed by atoms with Gasteiger partial charge in [0.25, 0.3) is 0 Å². The van der Waals surface area contributed by atoms with Crippen molar-refractivity contribution < 1.29 is 14.3 Å². The summed E-state index contributed by atoms with van der Waals surface area (Å²) in [6, 6.07) is 7.51. The van der Waals surface area contributed by atoms with Gasteiger partial charge in [0.05, 0.1) is 17.9 Å². The molecule has 1 heterocycles. The fourth-order valence-corrected chi connectivity index (χ4v) is 2.41. The standard InChI is InChI=1S/C17H26N2O3/c1-13(2)22-16-8-4-3-7-15(16)19-17(20)9-10-18-12-14-6-5-11-21-14/h3-4,7-8,13-14,18H,5-6,9-12H2,1-2H3,(H,19,20). The van der Waals surface area contributed by atoms with Crippen molar-refractivity contribution in [1.29, 1.82) is 0 Å². The second-order valence-corrected chi connectivity index (χ2v) is 5.80. The van der Waals surface area contributed by atoms with Gasteiger partial charge < -0.3 is 20.1 Å². The quantitative estimate of drug-likeness (QED) is 0.725. The molecule has 0 aliphatic carbocycles. The summed E-state index contributed by atoms with van der Waals surface area (Å²) in [6.07, 6.45) is 3.07. The third kappa shape index (κ3) is 5.66. The zero-order chi connectivity index (χ0) is 15.8. The molecule has 1 aliphatic rings. The third-order valence-electron chi connectivity index (χ3n) is 3.45. The number of anilines is 1. The van der Waals surface area contributed by atoms with Crippen LogP contribution in [0.5, 0.6) is 5.75 Å². The normalized spacial score (nSPS) is 17.7. The predicted octanol–water partition coefficient (Wildman–Crippen LogP) is 2.57. The summed E-state index contributed by atoms with van der Waals surface area (Å²) in [7, 11) is 0. The van der Waals surface area contributed by atoms with Crippen LogP contribution in [-0.4, -0.2) is 37.8 Å². The molecule has 5 heteroatoms. The largest absolute Gasteiger partial charge is 0.489 e. The number of para-hydroxylation sites is 2. The first-order valence-electron chi connectivity index (χ1n) is 8.03. The number of carbonyl (C=O) groups is 1. The minimum atomic E-state index is -0.0142. The number of benzene rings is 1. The second kappa shape index (κ2) is 8.76. The first-order valence-corrected chi connectivity index (χ1v) is 8.03. The molecule has 5 nitrogen and oxygen atoms in total. The van der Waals surface area contributed by atoms with E-state index in [1.54, 1.807) is 0 Å². The van der Waals surface area contributed by atoms with Gasteiger partial charge in [-0.1, -0.05) is 12.1 Å². The van der Waals surface area contributed by atoms with Crippen LogP contribution in [0.2, 0.25) is 0 Å². The van der Waals surface area contributed by atoms with Gasteiger partial charge in [0.2, 0.25) is 5.91 Å². The fraction of sp³-hybridized carbons (Fsp3) is 0.588. The van der Waals surface area contributed by atoms with Gasteiger partial charge in [-0.2, -0.15) is 0 Å². The lowest BCUT2D eigenvalue weighted by Crippen LogP contribution is -2.29. The first-order chi connectivity index (χ1) is 10.6. The van der Waals surface area contributed by atoms with Gasteiger partial charge in [-0.25, -0.2) is 0 Å². The van der Waals surface area contributed by atoms with Crippen molar-refractivity contribution >= 4 is 11.6 Å². The predicted molar refractivity (Wildman–Crippen MR) is 87.3 cm³/mol. The van der Waals surface area contributed by atoms with Crippen molar-refractivity contribution in [1.82, 2.24) is 5.32 Å². The van der Waals surface area contributed by atoms with Crippen LogP contribution in [0.15, 0.2) is 24.3 Å². The number of amides is 1. The Morgan fingerprint density at radius 1 is 1.41 bits per heavy atom. The summed E-state index contributed by atoms with van der Waals surface area (Å²) in [5, 5.41) is 6.18. The van der Waals surface area contributed by atoms with Crippen LogP contribution >= 0.6 is 0 Å². The molecule has 0 spiro atoms. The lowest BCUT2D eigenvalue weighted by Gasteiger charge is -2.15. The highest BCUT2D eigenvalue weighted by Gasteiger charge is 2.14. The molecule has 0 radical (unpaired) electrons. The van der Waals surface area contributed by atoms with Crippen LogP contribution in [-0.2, 0) is 9.53 Å². The van der Waals surface area contributed by atoms with Gasteiger partial charge >= 0.3 is 0 Å². The maximum atomic E-state index is 12.0. The lowest BCUT2D eigenvalue weighted by molar-refractivity contribution is -0.116. The molecule has 1 aromatic rings. The number of carbonyl (C=O) groups excluding carboxylic acids is 1. The van der Waals surface area contributed by atoms with Crippen LogP contribution in [0.3, 0.4) is 0 Å². The van der Waals surface area contributed by atoms with Crippen LogP contribution in [0.25, 0.3) is 0 Å². The van der Waals surface area contributed by atoms with Gasteiger partial charge in [-0.05, 0) is 38.8 Å². The molecular weight excluding hydrogens is 280 g/mol. The lowest BCUT2D eigenvalue weighted by atomic mass is 10.2. The number of rotatable bonds is 8. The molecule has 1 unspecified atom stereocenters. The van der Waals surface area contributed by atoms with E-state index in [4.69, 9.17) is 9.47 Å². The Kier molecular flexibility index (Phi) is 6.68. The highest BCUT2D eigenvalue weighted by atomic mass is 16.5. The van der Waals surface area contributed by atoms with Gasteiger partial charge in [0.1, 0.15) is 5.75 Å². The van der Waals surface area contributed by atoms with E-state index in [1.165, 1.54) is 0 Å². The van der Waals surface area contributed by atoms with E-state index in [9.17, 15) is 4.79 Å². The zero-order valence-electron chi connectivity index (χ0n) is 13.4. The number of hydrogen-bond acceptors (Lipinski definition) is 4. The average molecular weight is 306 g/mol. The Balaban J connectivity index is 1.72. The van der Waals surface area contributed by atoms with Gasteiger partial charge in [-0.3, -0.25) is 4.79 Å². The molecule has 0 bridgehead atoms. The van der Waals surface area contributed by atoms with Crippen LogP contribution < -0.4 is 15.4 Å². The van der Waals surface area contributed by atoms with E-state index in [-0.39, 0.29) is 12.0 Å². The summed E-state index contributed by atoms with van der Waals surface area (Å²) >= 11 is 0. The Bertz CT molecular complexity index is 471. The van der Waals surface area contributed by atoms with Gasteiger partial charge in [0, 0.05) is 26.1 Å². The minimum Gasteiger partial charge on any atom is -0.489 e. The maximum Gasteiger partial charge on any atom is 0.225 e. The first kappa shape index (κ1) is 16.8. The Labute approximate surface area is 132 Å². The van der Waals surface area contributed by atoms with E-state index in [1.807, 2.05) is 38.1 Å². The molecular formula is C17H26N2O3. The smallest absolute Gasteiger partial charge is 0.225 e. The second-order valence-electron chi connectivity index (χ2n) is 5.80. The van der Waals surface area contributed by atoms with E-state index < -0.39 is 0 Å². The molecule has 1 amide bonds. The Hall–Kier alpha value is -1.59. The molecule has 1 fully saturated rings. The minimum absolute atomic E-state index is 0.0142. The van der Waals surface area contributed by atoms with E-state index in [2.05, 4.69) is 10.6 Å². The van der Waals surface area contributed by atoms with Crippen LogP contribution in [0.1, 0.15) is 33.1 Å². The monoisotopic (exact) mass is 306 g/mol. The maximum absolute atomic E-state index is 12.0. The zero-order valence-corrected chi connectivity index (χ0v) is 13.4. The van der Waals surface area contributed by atoms with Crippen molar-refractivity contribution in [3.63, 3.8) is 0 Å². The Morgan fingerprint density at radius 2 is 2.23 bits per heavy atom. The van der Waals surface area contributed by atoms with Crippen LogP contribution in [0.4, 0.5) is 5.69 Å². The van der Waals surface area contributed by atoms with E-state index in [0.29, 0.717) is 24.8 Å². The van der Waals surface area contributed by atoms with Crippen molar-refractivity contribution in [3.05, 3.63) is 24.3 Å². The Morgan fingerprint density at radius 3 is 2.95 bits per heavy atom. The molecule has 22 heavy (non-hydrogen) atoms. The highest BCUT2D eigenvalue weighted by molar-refractivity contribution is 5.92. The molecule has 2 rings (SSSR count). The molecule has 1 aliphatic heterocycles. The third-order valence-corrected chi connectivity index (χ3v) is 3.45. The number of ether oxygens (including phenoxy) is 2. The summed E-state index contributed by atoms with van der Waals surface area (Å²) in [5.41, 5.74) is 0.723. The summed E-state index contributed by atoms with van der Waals surface area (Å²) in [6.45, 7) is 6.26. The van der Waals surface area contributed by atoms with Crippen LogP contribution in [0, 0.1) is 0 Å². The van der Waals surface area contributed by atoms with Crippen molar-refractivity contribution in [2.24, 2.45) is 0 Å². The van der Waals surface area contributed by atoms with Crippen molar-refractivity contribution in [2.75, 3.05) is 25.0 Å². The van der Waals surface area contributed by atoms with E-state index >= 15 is 0 Å². The molecule has 2 N–H and O–H groups in total. The van der Waals surface area contributed by atoms with Crippen molar-refractivity contribution in [3.8, 4) is 5.75 Å². The summed E-state index contributed by atoms with van der Waals surface area (Å²) in [5.74, 6) is 0.692. The molecule has 1 aromatic carbocycles. The average Bonchev–Trinajstić information content (AvgIpc) is 2.98. The van der Waals surface area contributed by atoms with Gasteiger partial charge in [0.15, 0.2) is 0 Å². The summed E-state index contributed by atoms with van der Waals surface area (Å²) in [4.78, 5) is 12.0. The molecule has 0 aromatic heterocycles. The number of nitrogens with one attached hydrogen (secondary N) is 2.